The minimum absolute atomic E-state index is 0.0758. The zero-order valence-electron chi connectivity index (χ0n) is 14.3. The van der Waals surface area contributed by atoms with E-state index in [1.165, 1.54) is 6.92 Å². The van der Waals surface area contributed by atoms with E-state index < -0.39 is 24.1 Å². The highest BCUT2D eigenvalue weighted by Gasteiger charge is 2.25. The Balaban J connectivity index is 1.67. The molecular weight excluding hydrogens is 326 g/mol. The molecule has 8 heteroatoms. The Kier molecular flexibility index (Phi) is 6.76. The first-order valence-electron chi connectivity index (χ1n) is 8.12. The van der Waals surface area contributed by atoms with Gasteiger partial charge in [-0.1, -0.05) is 30.3 Å². The van der Waals surface area contributed by atoms with Crippen LogP contribution in [0.5, 0.6) is 0 Å². The lowest BCUT2D eigenvalue weighted by molar-refractivity contribution is -0.129. The van der Waals surface area contributed by atoms with Crippen molar-refractivity contribution in [1.82, 2.24) is 16.0 Å². The van der Waals surface area contributed by atoms with Crippen LogP contribution in [0.3, 0.4) is 0 Å². The molecule has 1 aromatic carbocycles. The lowest BCUT2D eigenvalue weighted by Gasteiger charge is -2.18. The summed E-state index contributed by atoms with van der Waals surface area (Å²) in [7, 11) is 0. The normalized spacial score (nSPS) is 17.8. The molecule has 25 heavy (non-hydrogen) atoms. The first kappa shape index (κ1) is 18.7. The zero-order valence-corrected chi connectivity index (χ0v) is 14.3. The van der Waals surface area contributed by atoms with Crippen molar-refractivity contribution >= 4 is 17.9 Å². The Bertz CT molecular complexity index is 604. The molecule has 0 spiro atoms. The summed E-state index contributed by atoms with van der Waals surface area (Å²) in [4.78, 5) is 35.6. The number of nitrogens with one attached hydrogen (secondary N) is 3. The number of benzene rings is 1. The van der Waals surface area contributed by atoms with Gasteiger partial charge in [0.05, 0.1) is 12.7 Å². The fourth-order valence-electron chi connectivity index (χ4n) is 1.96. The van der Waals surface area contributed by atoms with Crippen LogP contribution in [-0.4, -0.2) is 49.2 Å². The smallest absolute Gasteiger partial charge is 0.408 e. The number of alkyl carbamates (subject to hydrolysis) is 1. The van der Waals surface area contributed by atoms with E-state index in [1.54, 1.807) is 6.92 Å². The Labute approximate surface area is 146 Å². The molecule has 0 saturated carbocycles. The highest BCUT2D eigenvalue weighted by atomic mass is 16.6. The van der Waals surface area contributed by atoms with E-state index >= 15 is 0 Å². The van der Waals surface area contributed by atoms with Gasteiger partial charge in [-0.05, 0) is 19.4 Å². The van der Waals surface area contributed by atoms with Crippen LogP contribution in [0.2, 0.25) is 0 Å². The molecule has 0 aromatic heterocycles. The van der Waals surface area contributed by atoms with E-state index in [0.717, 1.165) is 5.56 Å². The molecule has 1 heterocycles. The van der Waals surface area contributed by atoms with E-state index in [2.05, 4.69) is 16.0 Å². The monoisotopic (exact) mass is 349 g/mol. The highest BCUT2D eigenvalue weighted by Crippen LogP contribution is 2.06. The Morgan fingerprint density at radius 1 is 1.12 bits per heavy atom. The summed E-state index contributed by atoms with van der Waals surface area (Å²) in [6.07, 6.45) is -0.624. The third-order valence-electron chi connectivity index (χ3n) is 3.60. The number of hydrogen-bond donors (Lipinski definition) is 3. The summed E-state index contributed by atoms with van der Waals surface area (Å²) in [5.41, 5.74) is 0.847. The molecule has 0 radical (unpaired) electrons. The fourth-order valence-corrected chi connectivity index (χ4v) is 1.96. The van der Waals surface area contributed by atoms with E-state index in [1.807, 2.05) is 30.3 Å². The molecule has 1 fully saturated rings. The molecule has 3 N–H and O–H groups in total. The largest absolute Gasteiger partial charge is 0.445 e. The molecule has 3 amide bonds. The molecule has 136 valence electrons. The van der Waals surface area contributed by atoms with E-state index in [9.17, 15) is 14.4 Å². The molecule has 1 aromatic rings. The molecule has 1 aliphatic rings. The summed E-state index contributed by atoms with van der Waals surface area (Å²) >= 11 is 0. The maximum Gasteiger partial charge on any atom is 0.408 e. The lowest BCUT2D eigenvalue weighted by Crippen LogP contribution is -2.52. The first-order valence-corrected chi connectivity index (χ1v) is 8.12. The van der Waals surface area contributed by atoms with Gasteiger partial charge in [0.2, 0.25) is 11.8 Å². The van der Waals surface area contributed by atoms with E-state index in [-0.39, 0.29) is 18.6 Å². The molecular formula is C17H23N3O5. The predicted octanol–water partition coefficient (Wildman–Crippen LogP) is 0.321. The molecule has 1 aliphatic heterocycles. The second kappa shape index (κ2) is 9.03. The van der Waals surface area contributed by atoms with Crippen LogP contribution in [-0.2, 0) is 25.7 Å². The van der Waals surface area contributed by atoms with Crippen molar-refractivity contribution in [2.75, 3.05) is 13.2 Å². The quantitative estimate of drug-likeness (QED) is 0.586. The van der Waals surface area contributed by atoms with Crippen molar-refractivity contribution in [2.24, 2.45) is 0 Å². The van der Waals surface area contributed by atoms with Crippen molar-refractivity contribution in [3.8, 4) is 0 Å². The van der Waals surface area contributed by atoms with Gasteiger partial charge in [-0.25, -0.2) is 4.79 Å². The van der Waals surface area contributed by atoms with Gasteiger partial charge in [-0.2, -0.15) is 0 Å². The molecule has 0 aliphatic carbocycles. The highest BCUT2D eigenvalue weighted by molar-refractivity contribution is 5.90. The Morgan fingerprint density at radius 2 is 1.76 bits per heavy atom. The number of rotatable bonds is 8. The van der Waals surface area contributed by atoms with Crippen LogP contribution in [0.4, 0.5) is 4.79 Å². The van der Waals surface area contributed by atoms with E-state index in [0.29, 0.717) is 13.2 Å². The van der Waals surface area contributed by atoms with Gasteiger partial charge in [0.15, 0.2) is 0 Å². The van der Waals surface area contributed by atoms with Crippen molar-refractivity contribution in [3.05, 3.63) is 35.9 Å². The number of carbonyl (C=O) groups excluding carboxylic acids is 3. The molecule has 2 rings (SSSR count). The summed E-state index contributed by atoms with van der Waals surface area (Å²) in [6.45, 7) is 4.28. The number of amides is 3. The number of epoxide rings is 1. The molecule has 3 atom stereocenters. The Hall–Kier alpha value is -2.61. The molecule has 0 bridgehead atoms. The lowest BCUT2D eigenvalue weighted by atomic mass is 10.2. The third-order valence-corrected chi connectivity index (χ3v) is 3.60. The van der Waals surface area contributed by atoms with Crippen LogP contribution in [0.25, 0.3) is 0 Å². The van der Waals surface area contributed by atoms with Gasteiger partial charge in [-0.15, -0.1) is 0 Å². The van der Waals surface area contributed by atoms with Gasteiger partial charge in [0.25, 0.3) is 0 Å². The van der Waals surface area contributed by atoms with Gasteiger partial charge >= 0.3 is 6.09 Å². The summed E-state index contributed by atoms with van der Waals surface area (Å²) < 4.78 is 10.0. The number of carbonyl (C=O) groups is 3. The Morgan fingerprint density at radius 3 is 2.40 bits per heavy atom. The van der Waals surface area contributed by atoms with Crippen molar-refractivity contribution in [3.63, 3.8) is 0 Å². The minimum Gasteiger partial charge on any atom is -0.445 e. The number of hydrogen-bond acceptors (Lipinski definition) is 5. The van der Waals surface area contributed by atoms with Crippen molar-refractivity contribution in [2.45, 2.75) is 38.6 Å². The van der Waals surface area contributed by atoms with Crippen LogP contribution >= 0.6 is 0 Å². The SMILES string of the molecule is C[C@H](NC(=O)OCc1ccccc1)C(=O)N[C@@H](C)C(=O)NCC1CO1. The van der Waals surface area contributed by atoms with Gasteiger partial charge in [0.1, 0.15) is 18.7 Å². The second-order valence-electron chi connectivity index (χ2n) is 5.86. The summed E-state index contributed by atoms with van der Waals surface area (Å²) in [5, 5.41) is 7.65. The van der Waals surface area contributed by atoms with Crippen LogP contribution in [0, 0.1) is 0 Å². The average molecular weight is 349 g/mol. The van der Waals surface area contributed by atoms with Gasteiger partial charge in [0, 0.05) is 6.54 Å². The van der Waals surface area contributed by atoms with Crippen molar-refractivity contribution < 1.29 is 23.9 Å². The zero-order chi connectivity index (χ0) is 18.2. The van der Waals surface area contributed by atoms with E-state index in [4.69, 9.17) is 9.47 Å². The fraction of sp³-hybridized carbons (Fsp3) is 0.471. The maximum atomic E-state index is 12.0. The molecule has 1 unspecified atom stereocenters. The minimum atomic E-state index is -0.828. The van der Waals surface area contributed by atoms with Gasteiger partial charge < -0.3 is 25.4 Å². The summed E-state index contributed by atoms with van der Waals surface area (Å²) in [5.74, 6) is -0.773. The average Bonchev–Trinajstić information content (AvgIpc) is 3.43. The number of ether oxygens (including phenoxy) is 2. The van der Waals surface area contributed by atoms with Crippen LogP contribution < -0.4 is 16.0 Å². The van der Waals surface area contributed by atoms with Crippen molar-refractivity contribution in [1.29, 1.82) is 0 Å². The maximum absolute atomic E-state index is 12.0. The topological polar surface area (TPSA) is 109 Å². The standard InChI is InChI=1S/C17H23N3O5/c1-11(15(21)18-8-14-10-24-14)19-16(22)12(2)20-17(23)25-9-13-6-4-3-5-7-13/h3-7,11-12,14H,8-10H2,1-2H3,(H,18,21)(H,19,22)(H,20,23)/t11-,12-,14?/m0/s1. The summed E-state index contributed by atoms with van der Waals surface area (Å²) in [6, 6.07) is 7.67. The molecule has 8 nitrogen and oxygen atoms in total. The van der Waals surface area contributed by atoms with Crippen LogP contribution in [0.1, 0.15) is 19.4 Å². The first-order chi connectivity index (χ1) is 12.0. The third kappa shape index (κ3) is 6.80. The van der Waals surface area contributed by atoms with Crippen LogP contribution in [0.15, 0.2) is 30.3 Å². The van der Waals surface area contributed by atoms with Gasteiger partial charge in [-0.3, -0.25) is 9.59 Å². The molecule has 1 saturated heterocycles. The second-order valence-corrected chi connectivity index (χ2v) is 5.86. The predicted molar refractivity (Wildman–Crippen MR) is 89.6 cm³/mol.